The number of fused-ring (bicyclic) bond motifs is 1. The minimum atomic E-state index is 0.450. The van der Waals surface area contributed by atoms with E-state index >= 15 is 0 Å². The third-order valence-corrected chi connectivity index (χ3v) is 2.40. The van der Waals surface area contributed by atoms with Gasteiger partial charge in [-0.3, -0.25) is 0 Å². The maximum Gasteiger partial charge on any atom is 0.194 e. The highest BCUT2D eigenvalue weighted by Crippen LogP contribution is 2.23. The van der Waals surface area contributed by atoms with Crippen LogP contribution in [0.5, 0.6) is 0 Å². The number of rotatable bonds is 3. The number of furan rings is 1. The number of nitrogens with one attached hydrogen (secondary N) is 1. The Labute approximate surface area is 87.9 Å². The predicted molar refractivity (Wildman–Crippen MR) is 58.9 cm³/mol. The van der Waals surface area contributed by atoms with Crippen LogP contribution in [0.1, 0.15) is 5.56 Å². The monoisotopic (exact) mass is 209 g/mol. The van der Waals surface area contributed by atoms with E-state index in [0.29, 0.717) is 5.22 Å². The summed E-state index contributed by atoms with van der Waals surface area (Å²) < 4.78 is 5.33. The van der Waals surface area contributed by atoms with Crippen LogP contribution in [0.2, 0.25) is 5.22 Å². The highest BCUT2D eigenvalue weighted by molar-refractivity contribution is 6.29. The second-order valence-electron chi connectivity index (χ2n) is 3.28. The molecular weight excluding hydrogens is 198 g/mol. The molecule has 1 aromatic carbocycles. The molecule has 0 saturated carbocycles. The number of hydrogen-bond donors (Lipinski definition) is 1. The van der Waals surface area contributed by atoms with Crippen molar-refractivity contribution in [1.82, 2.24) is 5.32 Å². The van der Waals surface area contributed by atoms with Crippen molar-refractivity contribution in [2.75, 3.05) is 13.6 Å². The molecule has 0 amide bonds. The quantitative estimate of drug-likeness (QED) is 0.841. The molecule has 3 heteroatoms. The first kappa shape index (κ1) is 9.56. The number of likely N-dealkylation sites (N-methyl/N-ethyl adjacent to an activating group) is 1. The molecule has 0 fully saturated rings. The lowest BCUT2D eigenvalue weighted by Gasteiger charge is -1.99. The molecule has 1 N–H and O–H groups in total. The topological polar surface area (TPSA) is 25.2 Å². The molecule has 0 unspecified atom stereocenters. The molecule has 1 heterocycles. The van der Waals surface area contributed by atoms with Crippen LogP contribution in [0.4, 0.5) is 0 Å². The van der Waals surface area contributed by atoms with E-state index in [1.54, 1.807) is 0 Å². The van der Waals surface area contributed by atoms with Crippen molar-refractivity contribution in [3.8, 4) is 0 Å². The predicted octanol–water partition coefficient (Wildman–Crippen LogP) is 2.85. The van der Waals surface area contributed by atoms with Crippen LogP contribution in [-0.2, 0) is 6.42 Å². The zero-order valence-electron chi connectivity index (χ0n) is 8.01. The van der Waals surface area contributed by atoms with E-state index in [1.807, 2.05) is 25.2 Å². The molecule has 2 nitrogen and oxygen atoms in total. The van der Waals surface area contributed by atoms with Gasteiger partial charge in [0, 0.05) is 11.5 Å². The molecule has 1 aromatic heterocycles. The van der Waals surface area contributed by atoms with Gasteiger partial charge in [-0.25, -0.2) is 0 Å². The molecule has 0 aliphatic rings. The molecule has 2 rings (SSSR count). The van der Waals surface area contributed by atoms with Crippen LogP contribution in [0, 0.1) is 0 Å². The van der Waals surface area contributed by atoms with Crippen molar-refractivity contribution in [3.05, 3.63) is 35.0 Å². The van der Waals surface area contributed by atoms with E-state index in [2.05, 4.69) is 11.4 Å². The third kappa shape index (κ3) is 1.91. The molecule has 14 heavy (non-hydrogen) atoms. The summed E-state index contributed by atoms with van der Waals surface area (Å²) >= 11 is 5.76. The first-order valence-corrected chi connectivity index (χ1v) is 5.00. The molecule has 0 aliphatic carbocycles. The first-order valence-electron chi connectivity index (χ1n) is 4.62. The van der Waals surface area contributed by atoms with E-state index in [4.69, 9.17) is 16.0 Å². The maximum absolute atomic E-state index is 5.76. The van der Waals surface area contributed by atoms with Gasteiger partial charge in [0.15, 0.2) is 5.22 Å². The van der Waals surface area contributed by atoms with Crippen molar-refractivity contribution >= 4 is 22.6 Å². The Morgan fingerprint density at radius 3 is 3.00 bits per heavy atom. The highest BCUT2D eigenvalue weighted by atomic mass is 35.5. The minimum Gasteiger partial charge on any atom is -0.445 e. The Kier molecular flexibility index (Phi) is 2.75. The van der Waals surface area contributed by atoms with Crippen molar-refractivity contribution in [1.29, 1.82) is 0 Å². The molecule has 0 saturated heterocycles. The van der Waals surface area contributed by atoms with E-state index < -0.39 is 0 Å². The van der Waals surface area contributed by atoms with Gasteiger partial charge in [-0.05, 0) is 43.2 Å². The Hall–Kier alpha value is -0.990. The van der Waals surface area contributed by atoms with E-state index in [0.717, 1.165) is 23.9 Å². The lowest BCUT2D eigenvalue weighted by Crippen LogP contribution is -2.09. The van der Waals surface area contributed by atoms with Crippen LogP contribution in [-0.4, -0.2) is 13.6 Å². The molecule has 0 spiro atoms. The Morgan fingerprint density at radius 2 is 2.21 bits per heavy atom. The maximum atomic E-state index is 5.76. The van der Waals surface area contributed by atoms with Gasteiger partial charge in [-0.1, -0.05) is 12.1 Å². The van der Waals surface area contributed by atoms with Gasteiger partial charge in [0.1, 0.15) is 5.58 Å². The zero-order valence-corrected chi connectivity index (χ0v) is 8.77. The Morgan fingerprint density at radius 1 is 1.36 bits per heavy atom. The normalized spacial score (nSPS) is 11.0. The lowest BCUT2D eigenvalue weighted by atomic mass is 10.1. The summed E-state index contributed by atoms with van der Waals surface area (Å²) in [6.45, 7) is 0.972. The fourth-order valence-electron chi connectivity index (χ4n) is 1.47. The van der Waals surface area contributed by atoms with Crippen LogP contribution in [0.3, 0.4) is 0 Å². The van der Waals surface area contributed by atoms with Crippen LogP contribution in [0.15, 0.2) is 28.7 Å². The fourth-order valence-corrected chi connectivity index (χ4v) is 1.67. The standard InChI is InChI=1S/C11H12ClNO/c1-13-5-4-8-2-3-9-7-11(12)14-10(9)6-8/h2-3,6-7,13H,4-5H2,1H3. The number of halogens is 1. The molecule has 0 atom stereocenters. The zero-order chi connectivity index (χ0) is 9.97. The largest absolute Gasteiger partial charge is 0.445 e. The van der Waals surface area contributed by atoms with Crippen molar-refractivity contribution in [3.63, 3.8) is 0 Å². The van der Waals surface area contributed by atoms with Gasteiger partial charge in [-0.15, -0.1) is 0 Å². The average Bonchev–Trinajstić information content (AvgIpc) is 2.54. The molecule has 0 bridgehead atoms. The van der Waals surface area contributed by atoms with Gasteiger partial charge in [0.05, 0.1) is 0 Å². The van der Waals surface area contributed by atoms with Crippen molar-refractivity contribution < 1.29 is 4.42 Å². The molecule has 0 aliphatic heterocycles. The minimum absolute atomic E-state index is 0.450. The Bertz CT molecular complexity index is 436. The number of benzene rings is 1. The SMILES string of the molecule is CNCCc1ccc2cc(Cl)oc2c1. The van der Waals surface area contributed by atoms with Crippen molar-refractivity contribution in [2.45, 2.75) is 6.42 Å². The Balaban J connectivity index is 2.31. The lowest BCUT2D eigenvalue weighted by molar-refractivity contribution is 0.617. The van der Waals surface area contributed by atoms with Gasteiger partial charge in [-0.2, -0.15) is 0 Å². The van der Waals surface area contributed by atoms with Gasteiger partial charge in [0.25, 0.3) is 0 Å². The first-order chi connectivity index (χ1) is 6.79. The van der Waals surface area contributed by atoms with Crippen molar-refractivity contribution in [2.24, 2.45) is 0 Å². The fraction of sp³-hybridized carbons (Fsp3) is 0.273. The van der Waals surface area contributed by atoms with E-state index in [1.165, 1.54) is 5.56 Å². The smallest absolute Gasteiger partial charge is 0.194 e. The molecule has 2 aromatic rings. The second kappa shape index (κ2) is 4.03. The summed E-state index contributed by atoms with van der Waals surface area (Å²) in [7, 11) is 1.95. The van der Waals surface area contributed by atoms with Crippen LogP contribution >= 0.6 is 11.6 Å². The van der Waals surface area contributed by atoms with Gasteiger partial charge in [0.2, 0.25) is 0 Å². The third-order valence-electron chi connectivity index (χ3n) is 2.22. The van der Waals surface area contributed by atoms with E-state index in [9.17, 15) is 0 Å². The second-order valence-corrected chi connectivity index (χ2v) is 3.65. The van der Waals surface area contributed by atoms with Crippen LogP contribution < -0.4 is 5.32 Å². The molecule has 74 valence electrons. The summed E-state index contributed by atoms with van der Waals surface area (Å²) in [4.78, 5) is 0. The summed E-state index contributed by atoms with van der Waals surface area (Å²) in [6, 6.07) is 8.01. The van der Waals surface area contributed by atoms with E-state index in [-0.39, 0.29) is 0 Å². The number of hydrogen-bond acceptors (Lipinski definition) is 2. The summed E-state index contributed by atoms with van der Waals surface area (Å²) in [5, 5.41) is 4.62. The average molecular weight is 210 g/mol. The highest BCUT2D eigenvalue weighted by Gasteiger charge is 2.02. The summed E-state index contributed by atoms with van der Waals surface area (Å²) in [5.41, 5.74) is 2.13. The van der Waals surface area contributed by atoms with Crippen LogP contribution in [0.25, 0.3) is 11.0 Å². The summed E-state index contributed by atoms with van der Waals surface area (Å²) in [5.74, 6) is 0. The van der Waals surface area contributed by atoms with Gasteiger partial charge >= 0.3 is 0 Å². The summed E-state index contributed by atoms with van der Waals surface area (Å²) in [6.07, 6.45) is 1.00. The molecular formula is C11H12ClNO. The molecule has 0 radical (unpaired) electrons. The van der Waals surface area contributed by atoms with Gasteiger partial charge < -0.3 is 9.73 Å².